The zero-order chi connectivity index (χ0) is 20.2. The zero-order valence-corrected chi connectivity index (χ0v) is 17.3. The minimum Gasteiger partial charge on any atom is -0.496 e. The van der Waals surface area contributed by atoms with E-state index < -0.39 is 0 Å². The molecule has 3 saturated heterocycles. The Hall–Kier alpha value is -2.45. The predicted molar refractivity (Wildman–Crippen MR) is 107 cm³/mol. The molecule has 1 unspecified atom stereocenters. The van der Waals surface area contributed by atoms with Crippen LogP contribution in [0.3, 0.4) is 0 Å². The van der Waals surface area contributed by atoms with Crippen molar-refractivity contribution in [3.8, 4) is 5.75 Å². The summed E-state index contributed by atoms with van der Waals surface area (Å²) < 4.78 is 7.37. The zero-order valence-electron chi connectivity index (χ0n) is 17.3. The van der Waals surface area contributed by atoms with E-state index in [1.54, 1.807) is 7.11 Å². The summed E-state index contributed by atoms with van der Waals surface area (Å²) in [6, 6.07) is 8.37. The van der Waals surface area contributed by atoms with Gasteiger partial charge in [0.25, 0.3) is 0 Å². The molecule has 1 aromatic carbocycles. The fourth-order valence-corrected chi connectivity index (χ4v) is 4.94. The van der Waals surface area contributed by atoms with Crippen LogP contribution in [0.2, 0.25) is 0 Å². The van der Waals surface area contributed by atoms with E-state index in [1.807, 2.05) is 36.0 Å². The highest BCUT2D eigenvalue weighted by Gasteiger charge is 2.46. The van der Waals surface area contributed by atoms with Gasteiger partial charge in [0.05, 0.1) is 45.9 Å². The third-order valence-corrected chi connectivity index (χ3v) is 6.44. The predicted octanol–water partition coefficient (Wildman–Crippen LogP) is -1.41. The molecule has 2 bridgehead atoms. The van der Waals surface area contributed by atoms with Crippen LogP contribution in [0.5, 0.6) is 5.75 Å². The molecule has 3 aliphatic rings. The molecule has 1 amide bonds. The molecule has 2 aromatic rings. The summed E-state index contributed by atoms with van der Waals surface area (Å²) in [5, 5.41) is 13.8. The number of carbonyl (C=O) groups excluding carboxylic acids is 1. The molecule has 4 heterocycles. The molecule has 5 rings (SSSR count). The molecule has 3 fully saturated rings. The molecule has 29 heavy (non-hydrogen) atoms. The fraction of sp³-hybridized carbons (Fsp3) is 0.571. The number of amides is 1. The molecule has 0 spiro atoms. The number of fused-ring (bicyclic) bond motifs is 3. The number of benzene rings is 1. The van der Waals surface area contributed by atoms with Crippen molar-refractivity contribution >= 4 is 5.91 Å². The van der Waals surface area contributed by atoms with Gasteiger partial charge in [-0.3, -0.25) is 4.79 Å². The first-order chi connectivity index (χ1) is 14.2. The Kier molecular flexibility index (Phi) is 6.10. The highest BCUT2D eigenvalue weighted by molar-refractivity contribution is 5.79. The average molecular weight is 401 g/mol. The van der Waals surface area contributed by atoms with E-state index in [9.17, 15) is 4.79 Å². The Bertz CT molecular complexity index is 838. The Balaban J connectivity index is 1.33. The van der Waals surface area contributed by atoms with E-state index in [1.165, 1.54) is 4.90 Å². The molecule has 4 N–H and O–H groups in total. The fourth-order valence-electron chi connectivity index (χ4n) is 4.94. The van der Waals surface area contributed by atoms with E-state index in [2.05, 4.69) is 27.1 Å². The van der Waals surface area contributed by atoms with Crippen molar-refractivity contribution in [1.29, 1.82) is 0 Å². The van der Waals surface area contributed by atoms with Gasteiger partial charge in [0.2, 0.25) is 5.91 Å². The molecule has 0 saturated carbocycles. The van der Waals surface area contributed by atoms with Crippen molar-refractivity contribution in [3.05, 3.63) is 41.7 Å². The standard InChI is InChI=1S/C21H30N6O2/c1-22-11-17-12-27(25-24-17)13-18-9-15-7-8-26(18)14-19(15)21(28)23-10-16-5-3-4-6-20(16)29-2/h3-6,12,15,18-19,22H,7-11,13-14H2,1-2H3,(H,23,28)/p+2/t15-,18-,19+/m1/s1. The largest absolute Gasteiger partial charge is 0.496 e. The van der Waals surface area contributed by atoms with Crippen LogP contribution in [0.15, 0.2) is 30.5 Å². The minimum atomic E-state index is 0.103. The Morgan fingerprint density at radius 1 is 1.41 bits per heavy atom. The number of piperidine rings is 3. The first-order valence-electron chi connectivity index (χ1n) is 10.6. The molecule has 1 aromatic heterocycles. The number of para-hydroxylation sites is 1. The lowest BCUT2D eigenvalue weighted by molar-refractivity contribution is -0.945. The molecule has 156 valence electrons. The second-order valence-electron chi connectivity index (χ2n) is 8.27. The van der Waals surface area contributed by atoms with Crippen LogP contribution in [0, 0.1) is 11.8 Å². The van der Waals surface area contributed by atoms with Crippen LogP contribution < -0.4 is 20.3 Å². The molecule has 3 aliphatic heterocycles. The molecule has 8 nitrogen and oxygen atoms in total. The van der Waals surface area contributed by atoms with Crippen LogP contribution in [0.25, 0.3) is 0 Å². The lowest BCUT2D eigenvalue weighted by Gasteiger charge is -2.46. The quantitative estimate of drug-likeness (QED) is 0.508. The molecule has 0 radical (unpaired) electrons. The maximum absolute atomic E-state index is 12.9. The van der Waals surface area contributed by atoms with E-state index >= 15 is 0 Å². The summed E-state index contributed by atoms with van der Waals surface area (Å²) in [7, 11) is 3.70. The Labute approximate surface area is 171 Å². The number of rotatable bonds is 8. The number of nitrogens with two attached hydrogens (primary N) is 1. The van der Waals surface area contributed by atoms with Gasteiger partial charge in [0, 0.05) is 24.9 Å². The Morgan fingerprint density at radius 2 is 2.28 bits per heavy atom. The van der Waals surface area contributed by atoms with Crippen molar-refractivity contribution < 1.29 is 19.7 Å². The van der Waals surface area contributed by atoms with Gasteiger partial charge in [0.1, 0.15) is 24.0 Å². The maximum Gasteiger partial charge on any atom is 0.229 e. The number of methoxy groups -OCH3 is 1. The number of hydrogen-bond donors (Lipinski definition) is 3. The second kappa shape index (κ2) is 8.92. The molecule has 0 aliphatic carbocycles. The van der Waals surface area contributed by atoms with Crippen molar-refractivity contribution in [2.24, 2.45) is 11.8 Å². The summed E-state index contributed by atoms with van der Waals surface area (Å²) in [5.41, 5.74) is 2.04. The van der Waals surface area contributed by atoms with Crippen molar-refractivity contribution in [1.82, 2.24) is 20.3 Å². The van der Waals surface area contributed by atoms with E-state index in [0.29, 0.717) is 18.5 Å². The third-order valence-electron chi connectivity index (χ3n) is 6.44. The van der Waals surface area contributed by atoms with Gasteiger partial charge in [0.15, 0.2) is 0 Å². The van der Waals surface area contributed by atoms with E-state index in [-0.39, 0.29) is 11.8 Å². The molecule has 4 atom stereocenters. The number of hydrogen-bond acceptors (Lipinski definition) is 4. The Morgan fingerprint density at radius 3 is 3.03 bits per heavy atom. The van der Waals surface area contributed by atoms with Gasteiger partial charge < -0.3 is 20.3 Å². The van der Waals surface area contributed by atoms with Gasteiger partial charge in [-0.25, -0.2) is 4.68 Å². The van der Waals surface area contributed by atoms with Crippen molar-refractivity contribution in [2.45, 2.75) is 38.5 Å². The number of nitrogens with zero attached hydrogens (tertiary/aromatic N) is 3. The van der Waals surface area contributed by atoms with Gasteiger partial charge in [-0.1, -0.05) is 23.4 Å². The van der Waals surface area contributed by atoms with E-state index in [4.69, 9.17) is 4.74 Å². The van der Waals surface area contributed by atoms with Crippen LogP contribution >= 0.6 is 0 Å². The summed E-state index contributed by atoms with van der Waals surface area (Å²) in [4.78, 5) is 14.4. The SMILES string of the molecule is C[NH2+]Cc1cn(C[C@H]2C[C@H]3CC[NH+]2C[C@@H]3C(=O)NCc2ccccc2OC)nn1. The van der Waals surface area contributed by atoms with Crippen molar-refractivity contribution in [3.63, 3.8) is 0 Å². The van der Waals surface area contributed by atoms with Crippen LogP contribution in [-0.4, -0.2) is 54.2 Å². The molecular formula is C21H32N6O2+2. The first kappa shape index (κ1) is 19.8. The highest BCUT2D eigenvalue weighted by atomic mass is 16.5. The smallest absolute Gasteiger partial charge is 0.229 e. The van der Waals surface area contributed by atoms with Crippen molar-refractivity contribution in [2.75, 3.05) is 27.2 Å². The monoisotopic (exact) mass is 400 g/mol. The van der Waals surface area contributed by atoms with Crippen LogP contribution in [-0.2, 0) is 24.4 Å². The van der Waals surface area contributed by atoms with Gasteiger partial charge in [-0.2, -0.15) is 0 Å². The summed E-state index contributed by atoms with van der Waals surface area (Å²) in [6.45, 7) is 4.32. The maximum atomic E-state index is 12.9. The van der Waals surface area contributed by atoms with Gasteiger partial charge in [-0.15, -0.1) is 5.10 Å². The van der Waals surface area contributed by atoms with Crippen LogP contribution in [0.4, 0.5) is 0 Å². The lowest BCUT2D eigenvalue weighted by atomic mass is 9.75. The summed E-state index contributed by atoms with van der Waals surface area (Å²) >= 11 is 0. The molecular weight excluding hydrogens is 368 g/mol. The minimum absolute atomic E-state index is 0.103. The molecule has 8 heteroatoms. The summed E-state index contributed by atoms with van der Waals surface area (Å²) in [5.74, 6) is 1.56. The van der Waals surface area contributed by atoms with Crippen LogP contribution in [0.1, 0.15) is 24.1 Å². The normalized spacial score (nSPS) is 25.7. The number of ether oxygens (including phenoxy) is 1. The number of carbonyl (C=O) groups is 1. The number of nitrogens with one attached hydrogen (secondary N) is 2. The lowest BCUT2D eigenvalue weighted by Crippen LogP contribution is -3.20. The number of aromatic nitrogens is 3. The second-order valence-corrected chi connectivity index (χ2v) is 8.27. The average Bonchev–Trinajstić information content (AvgIpc) is 3.19. The van der Waals surface area contributed by atoms with Gasteiger partial charge >= 0.3 is 0 Å². The van der Waals surface area contributed by atoms with E-state index in [0.717, 1.165) is 56.0 Å². The first-order valence-corrected chi connectivity index (χ1v) is 10.6. The summed E-state index contributed by atoms with van der Waals surface area (Å²) in [6.07, 6.45) is 4.27. The topological polar surface area (TPSA) is 90.1 Å². The third kappa shape index (κ3) is 4.43. The number of quaternary nitrogens is 2. The highest BCUT2D eigenvalue weighted by Crippen LogP contribution is 2.28. The van der Waals surface area contributed by atoms with Gasteiger partial charge in [-0.05, 0) is 12.0 Å².